The van der Waals surface area contributed by atoms with Crippen LogP contribution in [0.25, 0.3) is 6.08 Å². The number of ether oxygens (including phenoxy) is 3. The Morgan fingerprint density at radius 1 is 0.941 bits per heavy atom. The van der Waals surface area contributed by atoms with Gasteiger partial charge < -0.3 is 14.2 Å². The third kappa shape index (κ3) is 7.79. The Labute approximate surface area is 202 Å². The minimum atomic E-state index is -0.500. The van der Waals surface area contributed by atoms with Crippen molar-refractivity contribution in [2.24, 2.45) is 5.10 Å². The average Bonchev–Trinajstić information content (AvgIpc) is 2.85. The number of nitrogens with zero attached hydrogens (tertiary/aromatic N) is 1. The van der Waals surface area contributed by atoms with E-state index in [9.17, 15) is 9.59 Å². The molecule has 0 bridgehead atoms. The van der Waals surface area contributed by atoms with E-state index in [2.05, 4.69) is 10.5 Å². The van der Waals surface area contributed by atoms with E-state index in [1.807, 2.05) is 19.1 Å². The fourth-order valence-corrected chi connectivity index (χ4v) is 2.84. The lowest BCUT2D eigenvalue weighted by Crippen LogP contribution is -2.24. The molecule has 7 nitrogen and oxygen atoms in total. The van der Waals surface area contributed by atoms with E-state index in [4.69, 9.17) is 25.8 Å². The first kappa shape index (κ1) is 24.5. The molecule has 3 rings (SSSR count). The number of hydrogen-bond donors (Lipinski definition) is 1. The first-order valence-electron chi connectivity index (χ1n) is 10.3. The molecule has 0 heterocycles. The molecule has 1 N–H and O–H groups in total. The number of methoxy groups -OCH3 is 1. The smallest absolute Gasteiger partial charge is 0.336 e. The summed E-state index contributed by atoms with van der Waals surface area (Å²) < 4.78 is 15.8. The average molecular weight is 479 g/mol. The predicted octanol–water partition coefficient (Wildman–Crippen LogP) is 4.80. The summed E-state index contributed by atoms with van der Waals surface area (Å²) in [5, 5.41) is 4.53. The Balaban J connectivity index is 1.43. The Hall–Kier alpha value is -4.10. The molecule has 3 aromatic rings. The molecule has 0 unspecified atom stereocenters. The number of halogens is 1. The van der Waals surface area contributed by atoms with Gasteiger partial charge in [0.05, 0.1) is 13.3 Å². The molecule has 0 atom stereocenters. The van der Waals surface area contributed by atoms with Crippen molar-refractivity contribution in [2.45, 2.75) is 6.92 Å². The van der Waals surface area contributed by atoms with Gasteiger partial charge in [0, 0.05) is 11.1 Å². The molecule has 0 spiro atoms. The van der Waals surface area contributed by atoms with Gasteiger partial charge in [-0.25, -0.2) is 10.2 Å². The van der Waals surface area contributed by atoms with E-state index in [-0.39, 0.29) is 6.61 Å². The van der Waals surface area contributed by atoms with E-state index < -0.39 is 11.9 Å². The zero-order valence-corrected chi connectivity index (χ0v) is 19.4. The molecule has 0 aromatic heterocycles. The van der Waals surface area contributed by atoms with Crippen LogP contribution in [0.15, 0.2) is 77.9 Å². The van der Waals surface area contributed by atoms with Gasteiger partial charge in [-0.15, -0.1) is 0 Å². The topological polar surface area (TPSA) is 86.2 Å². The molecule has 0 fully saturated rings. The van der Waals surface area contributed by atoms with Crippen LogP contribution in [-0.4, -0.2) is 31.8 Å². The highest BCUT2D eigenvalue weighted by Crippen LogP contribution is 2.21. The van der Waals surface area contributed by atoms with E-state index in [1.165, 1.54) is 12.3 Å². The second-order valence-electron chi connectivity index (χ2n) is 7.09. The van der Waals surface area contributed by atoms with Gasteiger partial charge in [-0.05, 0) is 84.3 Å². The second kappa shape index (κ2) is 12.2. The molecule has 174 valence electrons. The second-order valence-corrected chi connectivity index (χ2v) is 7.50. The molecular formula is C26H23ClN2O5. The highest BCUT2D eigenvalue weighted by molar-refractivity contribution is 6.31. The number of carbonyl (C=O) groups excluding carboxylic acids is 2. The van der Waals surface area contributed by atoms with E-state index in [1.54, 1.807) is 67.8 Å². The van der Waals surface area contributed by atoms with Crippen molar-refractivity contribution in [3.05, 3.63) is 94.5 Å². The number of aryl methyl sites for hydroxylation is 1. The fourth-order valence-electron chi connectivity index (χ4n) is 2.72. The first-order valence-corrected chi connectivity index (χ1v) is 10.7. The third-order valence-electron chi connectivity index (χ3n) is 4.53. The van der Waals surface area contributed by atoms with Crippen LogP contribution in [0.1, 0.15) is 16.7 Å². The quantitative estimate of drug-likeness (QED) is 0.157. The van der Waals surface area contributed by atoms with Gasteiger partial charge in [0.2, 0.25) is 0 Å². The Bertz CT molecular complexity index is 1190. The van der Waals surface area contributed by atoms with Crippen molar-refractivity contribution < 1.29 is 23.8 Å². The van der Waals surface area contributed by atoms with Gasteiger partial charge in [-0.2, -0.15) is 5.10 Å². The SMILES string of the molecule is COc1ccc(/C=C/C(=O)Oc2ccc(/C=N\NC(=O)COc3ccc(Cl)c(C)c3)cc2)cc1. The van der Waals surface area contributed by atoms with Gasteiger partial charge in [0.15, 0.2) is 6.61 Å². The molecule has 3 aromatic carbocycles. The fraction of sp³-hybridized carbons (Fsp3) is 0.115. The molecule has 0 aliphatic carbocycles. The van der Waals surface area contributed by atoms with Crippen molar-refractivity contribution in [1.29, 1.82) is 0 Å². The highest BCUT2D eigenvalue weighted by Gasteiger charge is 2.04. The maximum absolute atomic E-state index is 12.0. The van der Waals surface area contributed by atoms with E-state index in [0.717, 1.165) is 16.9 Å². The van der Waals surface area contributed by atoms with Crippen LogP contribution in [-0.2, 0) is 9.59 Å². The number of amides is 1. The molecule has 1 amide bonds. The number of esters is 1. The summed E-state index contributed by atoms with van der Waals surface area (Å²) in [6.07, 6.45) is 4.48. The Kier molecular flexibility index (Phi) is 8.82. The van der Waals surface area contributed by atoms with Gasteiger partial charge >= 0.3 is 5.97 Å². The zero-order valence-electron chi connectivity index (χ0n) is 18.7. The lowest BCUT2D eigenvalue weighted by molar-refractivity contribution is -0.129. The summed E-state index contributed by atoms with van der Waals surface area (Å²) in [5.74, 6) is 0.768. The number of carbonyl (C=O) groups is 2. The molecule has 0 aliphatic heterocycles. The van der Waals surface area contributed by atoms with Gasteiger partial charge in [0.25, 0.3) is 5.91 Å². The number of hydrogen-bond acceptors (Lipinski definition) is 6. The minimum absolute atomic E-state index is 0.183. The summed E-state index contributed by atoms with van der Waals surface area (Å²) in [7, 11) is 1.59. The van der Waals surface area contributed by atoms with E-state index in [0.29, 0.717) is 22.1 Å². The monoisotopic (exact) mass is 478 g/mol. The molecule has 0 aliphatic rings. The lowest BCUT2D eigenvalue weighted by Gasteiger charge is -2.06. The normalized spacial score (nSPS) is 10.9. The summed E-state index contributed by atoms with van der Waals surface area (Å²) in [6.45, 7) is 1.67. The van der Waals surface area contributed by atoms with Crippen molar-refractivity contribution >= 4 is 35.8 Å². The van der Waals surface area contributed by atoms with Crippen LogP contribution in [0, 0.1) is 6.92 Å². The lowest BCUT2D eigenvalue weighted by atomic mass is 10.2. The van der Waals surface area contributed by atoms with E-state index >= 15 is 0 Å². The summed E-state index contributed by atoms with van der Waals surface area (Å²) in [4.78, 5) is 23.9. The van der Waals surface area contributed by atoms with Crippen LogP contribution in [0.3, 0.4) is 0 Å². The van der Waals surface area contributed by atoms with Crippen LogP contribution >= 0.6 is 11.6 Å². The number of rotatable bonds is 9. The van der Waals surface area contributed by atoms with Crippen LogP contribution in [0.4, 0.5) is 0 Å². The third-order valence-corrected chi connectivity index (χ3v) is 4.95. The molecule has 8 heteroatoms. The van der Waals surface area contributed by atoms with Gasteiger partial charge in [0.1, 0.15) is 17.2 Å². The van der Waals surface area contributed by atoms with Crippen LogP contribution < -0.4 is 19.6 Å². The molecule has 0 saturated carbocycles. The number of benzene rings is 3. The maximum Gasteiger partial charge on any atom is 0.336 e. The summed E-state index contributed by atoms with van der Waals surface area (Å²) >= 11 is 5.97. The molecule has 0 saturated heterocycles. The Morgan fingerprint density at radius 3 is 2.26 bits per heavy atom. The predicted molar refractivity (Wildman–Crippen MR) is 132 cm³/mol. The maximum atomic E-state index is 12.0. The van der Waals surface area contributed by atoms with Crippen LogP contribution in [0.2, 0.25) is 5.02 Å². The zero-order chi connectivity index (χ0) is 24.3. The summed E-state index contributed by atoms with van der Waals surface area (Å²) in [5.41, 5.74) is 4.81. The van der Waals surface area contributed by atoms with Crippen molar-refractivity contribution in [1.82, 2.24) is 5.43 Å². The summed E-state index contributed by atoms with van der Waals surface area (Å²) in [6, 6.07) is 19.1. The first-order chi connectivity index (χ1) is 16.4. The number of hydrazone groups is 1. The highest BCUT2D eigenvalue weighted by atomic mass is 35.5. The molecule has 34 heavy (non-hydrogen) atoms. The number of nitrogens with one attached hydrogen (secondary N) is 1. The van der Waals surface area contributed by atoms with Gasteiger partial charge in [-0.3, -0.25) is 4.79 Å². The van der Waals surface area contributed by atoms with Crippen molar-refractivity contribution in [3.8, 4) is 17.2 Å². The molecule has 0 radical (unpaired) electrons. The van der Waals surface area contributed by atoms with Crippen molar-refractivity contribution in [2.75, 3.05) is 13.7 Å². The minimum Gasteiger partial charge on any atom is -0.497 e. The van der Waals surface area contributed by atoms with Gasteiger partial charge in [-0.1, -0.05) is 23.7 Å². The standard InChI is InChI=1S/C26H23ClN2O5/c1-18-15-23(12-13-24(18)27)33-17-25(30)29-28-16-20-5-10-22(11-6-20)34-26(31)14-7-19-3-8-21(32-2)9-4-19/h3-16H,17H2,1-2H3,(H,29,30)/b14-7+,28-16-. The Morgan fingerprint density at radius 2 is 1.59 bits per heavy atom. The largest absolute Gasteiger partial charge is 0.497 e. The molecular weight excluding hydrogens is 456 g/mol. The van der Waals surface area contributed by atoms with Crippen LogP contribution in [0.5, 0.6) is 17.2 Å². The van der Waals surface area contributed by atoms with Crippen molar-refractivity contribution in [3.63, 3.8) is 0 Å².